The van der Waals surface area contributed by atoms with E-state index >= 15 is 0 Å². The van der Waals surface area contributed by atoms with Gasteiger partial charge in [-0.1, -0.05) is 68.4 Å². The Morgan fingerprint density at radius 2 is 0.769 bits per heavy atom. The van der Waals surface area contributed by atoms with E-state index in [1.807, 2.05) is 49.0 Å². The molecule has 7 fully saturated rings. The van der Waals surface area contributed by atoms with Gasteiger partial charge in [0.1, 0.15) is 136 Å². The van der Waals surface area contributed by atoms with Crippen molar-refractivity contribution in [2.75, 3.05) is 130 Å². The van der Waals surface area contributed by atoms with E-state index in [0.29, 0.717) is 89.6 Å². The van der Waals surface area contributed by atoms with Crippen LogP contribution >= 0.6 is 57.2 Å². The maximum atomic E-state index is 10.7. The molecule has 23 atom stereocenters. The lowest BCUT2D eigenvalue weighted by atomic mass is 9.94. The first kappa shape index (κ1) is 108. The molecule has 0 unspecified atom stereocenters. The summed E-state index contributed by atoms with van der Waals surface area (Å²) in [5.74, 6) is 5.33. The SMILES string of the molecule is C=C1N=C(N)C(C)=CN1[C@@H]1O[C@@]2(CCP(=C)(C)C)CO[C@@H]1[C@@H]2O.C=C1N=C(N)C=CN1[C@@H]1C=C(CCP(=C)(C)C)[C@@H](O)[C@H]1O.C=C1N=C(N)C=CN1[C@@H]1O[C@@]2(CCP(=C)(C)C)CO[C@@H]1[C@@H]2O.C=C1N=C(N)C=CN1[C@@H]1O[C@H](CCP(=C)(C)C)[C@@H](O)[C@H]1Br.C=C1N=C(N)C=CN1[C@@H]1O[C@H](CCP(=C)(C)C)[C@@H](O)[C@H]1C.C=C1N=C(N)C=CN1[C@@H]1O[C@](C)(CCP(=C)(C)C)[C@@H](O)[C@H]1O. The van der Waals surface area contributed by atoms with Crippen molar-refractivity contribution in [3.05, 3.63) is 159 Å². The molecule has 0 radical (unpaired) electrons. The number of hydrogen-bond donors (Lipinski definition) is 14. The quantitative estimate of drug-likeness (QED) is 0.0299. The molecule has 40 heteroatoms. The highest BCUT2D eigenvalue weighted by Gasteiger charge is 2.64. The third-order valence-electron chi connectivity index (χ3n) is 24.4. The number of ether oxygens (including phenoxy) is 7. The number of fused-ring (bicyclic) bond motifs is 4. The third-order valence-corrected chi connectivity index (χ3v) is 34.1. The number of nitrogens with zero attached hydrogens (tertiary/aromatic N) is 12. The smallest absolute Gasteiger partial charge is 0.165 e. The number of aliphatic hydroxyl groups is 8. The van der Waals surface area contributed by atoms with E-state index in [-0.39, 0.29) is 41.5 Å². The Balaban J connectivity index is 0.000000176. The van der Waals surface area contributed by atoms with E-state index in [4.69, 9.17) is 67.6 Å². The second-order valence-corrected chi connectivity index (χ2v) is 66.9. The van der Waals surface area contributed by atoms with E-state index in [0.717, 1.165) is 80.2 Å². The molecule has 0 saturated carbocycles. The highest BCUT2D eigenvalue weighted by Crippen LogP contribution is 2.52. The van der Waals surface area contributed by atoms with Gasteiger partial charge in [0.25, 0.3) is 0 Å². The minimum absolute atomic E-state index is 0.0165. The lowest BCUT2D eigenvalue weighted by Gasteiger charge is -2.37. The van der Waals surface area contributed by atoms with Crippen LogP contribution in [0, 0.1) is 5.92 Å². The molecule has 13 heterocycles. The zero-order chi connectivity index (χ0) is 97.2. The van der Waals surface area contributed by atoms with Crippen LogP contribution in [0.2, 0.25) is 0 Å². The standard InChI is InChI=1S/C16H26N3O3P.C15H24N3O3P.C15H26N3O3P.C15H26N3O2P.C15H24N3O2P.C14H23BrN3O2P/c1-10-8-19(11(2)18-14(10)17)15-12-13(20)16(22-15,9-21-12)6-7-23(3,4)5;1-10-17-11(16)5-7-18(10)14-12-13(19)15(21-14,9-20-12)6-8-22(2,3)4;1-10-17-11(16)6-8-18(10)14-12(19)13(20)15(2,21-14)7-9-22(3,4)5;1-10-14(19)12(7-9-21(3,4)5)20-15(10)18-8-6-13(16)17-11(18)2;1-10-17-13(16)5-7-18(10)12-9-11(14(19)15(12)20)6-8-21(2,3)4;1-9-17-11(16)5-7-18(9)14-12(15)13(19)10(20-14)6-8-21(2,3)4/h8,12-13,15,20H,2-3,6-7,9H2,1,4-5H3,(H2,17,18);5,7,12-14,19H,1-2,6,8-9H2,3-4H3,(H2,16,17);6,8,12-14,19-20H,1,3,7,9H2,2,4-5H3,(H2,16,17);6,8,10,12,14-15,19H,2-3,7,9H2,1,4-5H3,(H2,16,17);5,7,9,12,14-15,19-20H,1-2,6,8H2,3-4H3,(H2,16,17);5,7,10,12-14,19H,1-2,6,8H2,3-4H3,(H2,16,17)/t12-,13+,15-,16+;12-,13+,14-,15+;12-,13+,14-,15-;10-,12-,14+,15-;12-,14-,15+;10-,12-,13-,14-/m111111/s1. The van der Waals surface area contributed by atoms with Gasteiger partial charge in [0.2, 0.25) is 0 Å². The molecule has 130 heavy (non-hydrogen) atoms. The zero-order valence-electron chi connectivity index (χ0n) is 78.7. The second-order valence-electron chi connectivity index (χ2n) is 40.0. The topological polar surface area (TPSA) is 476 Å². The monoisotopic (exact) mass is 1990 g/mol. The average molecular weight is 1990 g/mol. The number of aliphatic imine (C=N–C) groups is 6. The van der Waals surface area contributed by atoms with E-state index in [1.54, 1.807) is 74.8 Å². The summed E-state index contributed by atoms with van der Waals surface area (Å²) in [5.41, 5.74) is 33.6. The largest absolute Gasteiger partial charge is 0.390 e. The van der Waals surface area contributed by atoms with Crippen molar-refractivity contribution in [2.24, 2.45) is 70.3 Å². The van der Waals surface area contributed by atoms with Crippen molar-refractivity contribution in [1.29, 1.82) is 0 Å². The van der Waals surface area contributed by atoms with E-state index in [2.05, 4.69) is 203 Å². The Hall–Kier alpha value is -6.08. The molecule has 4 bridgehead atoms. The molecule has 13 aliphatic heterocycles. The van der Waals surface area contributed by atoms with E-state index in [1.165, 1.54) is 0 Å². The molecule has 726 valence electrons. The van der Waals surface area contributed by atoms with Crippen molar-refractivity contribution in [1.82, 2.24) is 29.4 Å². The molecule has 14 aliphatic rings. The highest BCUT2D eigenvalue weighted by atomic mass is 79.9. The minimum Gasteiger partial charge on any atom is -0.390 e. The Bertz CT molecular complexity index is 4850. The lowest BCUT2D eigenvalue weighted by Crippen LogP contribution is -2.46. The van der Waals surface area contributed by atoms with Crippen LogP contribution in [0.1, 0.15) is 59.3 Å². The van der Waals surface area contributed by atoms with Crippen LogP contribution in [-0.4, -0.2) is 405 Å². The normalized spacial score (nSPS) is 34.6. The number of alkyl halides is 1. The molecule has 1 aliphatic carbocycles. The van der Waals surface area contributed by atoms with Gasteiger partial charge in [0.15, 0.2) is 24.9 Å². The zero-order valence-corrected chi connectivity index (χ0v) is 85.6. The van der Waals surface area contributed by atoms with E-state index in [9.17, 15) is 40.9 Å². The van der Waals surface area contributed by atoms with Crippen LogP contribution in [0.15, 0.2) is 189 Å². The first-order valence-electron chi connectivity index (χ1n) is 43.3. The predicted octanol–water partition coefficient (Wildman–Crippen LogP) is 6.00. The van der Waals surface area contributed by atoms with Crippen molar-refractivity contribution < 1.29 is 74.0 Å². The second kappa shape index (κ2) is 42.7. The van der Waals surface area contributed by atoms with Gasteiger partial charge in [-0.3, -0.25) is 0 Å². The van der Waals surface area contributed by atoms with Gasteiger partial charge in [0, 0.05) is 48.7 Å². The Kier molecular flexibility index (Phi) is 35.3. The van der Waals surface area contributed by atoms with Gasteiger partial charge >= 0.3 is 0 Å². The molecule has 0 aromatic rings. The van der Waals surface area contributed by atoms with Crippen LogP contribution in [0.25, 0.3) is 0 Å². The predicted molar refractivity (Wildman–Crippen MR) is 554 cm³/mol. The molecule has 14 rings (SSSR count). The van der Waals surface area contributed by atoms with E-state index < -0.39 is 138 Å². The lowest BCUT2D eigenvalue weighted by molar-refractivity contribution is -0.181. The number of amidine groups is 6. The Labute approximate surface area is 779 Å². The molecule has 0 aromatic heterocycles. The summed E-state index contributed by atoms with van der Waals surface area (Å²) in [6, 6.07) is -0.359. The van der Waals surface area contributed by atoms with Crippen LogP contribution in [0.3, 0.4) is 0 Å². The maximum Gasteiger partial charge on any atom is 0.165 e. The van der Waals surface area contributed by atoms with Gasteiger partial charge < -0.3 is 138 Å². The van der Waals surface area contributed by atoms with Crippen LogP contribution in [-0.2, 0) is 33.2 Å². The van der Waals surface area contributed by atoms with Gasteiger partial charge in [-0.15, -0.1) is 79.1 Å². The van der Waals surface area contributed by atoms with Crippen molar-refractivity contribution in [3.8, 4) is 0 Å². The van der Waals surface area contributed by atoms with Crippen LogP contribution in [0.5, 0.6) is 0 Å². The van der Waals surface area contributed by atoms with Crippen molar-refractivity contribution in [2.45, 2.75) is 191 Å². The van der Waals surface area contributed by atoms with Gasteiger partial charge in [-0.05, 0) is 205 Å². The fourth-order valence-electron chi connectivity index (χ4n) is 16.4. The third kappa shape index (κ3) is 27.4. The molecule has 33 nitrogen and oxygen atoms in total. The molecule has 20 N–H and O–H groups in total. The number of rotatable bonds is 24. The van der Waals surface area contributed by atoms with Crippen LogP contribution in [0.4, 0.5) is 0 Å². The Morgan fingerprint density at radius 1 is 0.423 bits per heavy atom. The number of nitrogens with two attached hydrogens (primary N) is 6. The molecule has 0 aromatic carbocycles. The first-order chi connectivity index (χ1) is 59.9. The molecule has 7 saturated heterocycles. The summed E-state index contributed by atoms with van der Waals surface area (Å²) in [6.07, 6.45) is 47.0. The molecular weight excluding hydrogens is 1840 g/mol. The van der Waals surface area contributed by atoms with Crippen molar-refractivity contribution in [3.63, 3.8) is 0 Å². The van der Waals surface area contributed by atoms with Gasteiger partial charge in [0.05, 0.1) is 54.1 Å². The summed E-state index contributed by atoms with van der Waals surface area (Å²) >= 11 is 3.53. The number of aliphatic hydroxyl groups excluding tert-OH is 8. The fourth-order valence-corrected chi connectivity index (χ4v) is 22.9. The molecular formula is C90H149BrN18O15P6. The summed E-state index contributed by atoms with van der Waals surface area (Å²) in [5, 5.41) is 83.4. The van der Waals surface area contributed by atoms with Gasteiger partial charge in [-0.25, -0.2) is 30.0 Å². The molecule has 0 spiro atoms. The summed E-state index contributed by atoms with van der Waals surface area (Å²) < 4.78 is 42.2. The summed E-state index contributed by atoms with van der Waals surface area (Å²) in [4.78, 5) is 35.2. The molecule has 0 amide bonds. The van der Waals surface area contributed by atoms with Crippen molar-refractivity contribution >= 4 is 130 Å². The number of hydrogen-bond acceptors (Lipinski definition) is 33. The summed E-state index contributed by atoms with van der Waals surface area (Å²) in [7, 11) is 0. The highest BCUT2D eigenvalue weighted by molar-refractivity contribution is 9.09. The van der Waals surface area contributed by atoms with Gasteiger partial charge in [-0.2, -0.15) is 0 Å². The van der Waals surface area contributed by atoms with Crippen LogP contribution < -0.4 is 34.4 Å². The Morgan fingerprint density at radius 3 is 1.17 bits per heavy atom. The average Bonchev–Trinajstić information content (AvgIpc) is 1.57. The fraction of sp³-hybridized carbons (Fsp3) is 0.578. The maximum absolute atomic E-state index is 10.7. The first-order valence-corrected chi connectivity index (χ1v) is 62.6. The number of halogens is 1. The summed E-state index contributed by atoms with van der Waals surface area (Å²) in [6.45, 7) is 48.9. The minimum atomic E-state index is -1.24.